The first-order valence-corrected chi connectivity index (χ1v) is 26.8. The smallest absolute Gasteiger partial charge is 0.306 e. The van der Waals surface area contributed by atoms with Crippen LogP contribution in [0.25, 0.3) is 0 Å². The minimum Gasteiger partial charge on any atom is -0.462 e. The van der Waals surface area contributed by atoms with Gasteiger partial charge < -0.3 is 14.2 Å². The standard InChI is InChI=1S/C57H100O6/c1-4-7-10-13-16-19-21-23-25-27-29-31-33-35-38-41-44-47-50-56(59)62-53-54(52-61-55(58)49-46-43-40-37-18-15-12-9-6-3)63-57(60)51-48-45-42-39-36-34-32-30-28-26-24-22-20-17-14-11-8-5-2/h9,12,18,21,23,25,27,29,31,37,54H,4-8,10-11,13-17,19-20,22,24,26,28,30,32-36,38-53H2,1-3H3/b12-9-,23-21-,27-25-,31-29-,37-18-. The second-order valence-electron chi connectivity index (χ2n) is 17.8. The maximum atomic E-state index is 12.8. The fraction of sp³-hybridized carbons (Fsp3) is 0.772. The van der Waals surface area contributed by atoms with Crippen LogP contribution in [0, 0.1) is 0 Å². The summed E-state index contributed by atoms with van der Waals surface area (Å²) in [6, 6.07) is 0. The summed E-state index contributed by atoms with van der Waals surface area (Å²) >= 11 is 0. The summed E-state index contributed by atoms with van der Waals surface area (Å²) in [6.45, 7) is 6.47. The number of rotatable bonds is 48. The quantitative estimate of drug-likeness (QED) is 0.0199. The molecule has 0 aromatic rings. The molecule has 0 bridgehead atoms. The van der Waals surface area contributed by atoms with Crippen molar-refractivity contribution >= 4 is 17.9 Å². The van der Waals surface area contributed by atoms with Crippen molar-refractivity contribution in [2.24, 2.45) is 0 Å². The van der Waals surface area contributed by atoms with E-state index in [0.29, 0.717) is 19.3 Å². The molecule has 1 unspecified atom stereocenters. The zero-order valence-corrected chi connectivity index (χ0v) is 41.6. The third kappa shape index (κ3) is 50.0. The van der Waals surface area contributed by atoms with Gasteiger partial charge in [-0.2, -0.15) is 0 Å². The number of ether oxygens (including phenoxy) is 3. The third-order valence-electron chi connectivity index (χ3n) is 11.6. The van der Waals surface area contributed by atoms with E-state index in [0.717, 1.165) is 89.9 Å². The fourth-order valence-electron chi connectivity index (χ4n) is 7.54. The molecule has 0 fully saturated rings. The summed E-state index contributed by atoms with van der Waals surface area (Å²) in [5, 5.41) is 0. The number of carbonyl (C=O) groups is 3. The van der Waals surface area contributed by atoms with Gasteiger partial charge in [0.05, 0.1) is 0 Å². The van der Waals surface area contributed by atoms with Gasteiger partial charge >= 0.3 is 17.9 Å². The van der Waals surface area contributed by atoms with Crippen LogP contribution < -0.4 is 0 Å². The highest BCUT2D eigenvalue weighted by atomic mass is 16.6. The maximum absolute atomic E-state index is 12.8. The van der Waals surface area contributed by atoms with E-state index in [1.165, 1.54) is 135 Å². The minimum atomic E-state index is -0.792. The Morgan fingerprint density at radius 1 is 0.349 bits per heavy atom. The molecule has 0 heterocycles. The van der Waals surface area contributed by atoms with Crippen molar-refractivity contribution in [3.05, 3.63) is 60.8 Å². The van der Waals surface area contributed by atoms with Gasteiger partial charge in [0, 0.05) is 19.3 Å². The predicted molar refractivity (Wildman–Crippen MR) is 270 cm³/mol. The van der Waals surface area contributed by atoms with Gasteiger partial charge in [-0.3, -0.25) is 14.4 Å². The maximum Gasteiger partial charge on any atom is 0.306 e. The Morgan fingerprint density at radius 3 is 1.11 bits per heavy atom. The van der Waals surface area contributed by atoms with Gasteiger partial charge in [-0.15, -0.1) is 0 Å². The molecular weight excluding hydrogens is 781 g/mol. The molecule has 0 saturated carbocycles. The summed E-state index contributed by atoms with van der Waals surface area (Å²) in [4.78, 5) is 37.9. The van der Waals surface area contributed by atoms with E-state index in [9.17, 15) is 14.4 Å². The molecule has 0 radical (unpaired) electrons. The Morgan fingerprint density at radius 2 is 0.683 bits per heavy atom. The van der Waals surface area contributed by atoms with Crippen molar-refractivity contribution < 1.29 is 28.6 Å². The second kappa shape index (κ2) is 51.7. The van der Waals surface area contributed by atoms with Crippen LogP contribution in [0.2, 0.25) is 0 Å². The van der Waals surface area contributed by atoms with Gasteiger partial charge in [-0.05, 0) is 70.6 Å². The van der Waals surface area contributed by atoms with Crippen LogP contribution in [0.4, 0.5) is 0 Å². The lowest BCUT2D eigenvalue weighted by molar-refractivity contribution is -0.167. The van der Waals surface area contributed by atoms with E-state index in [1.54, 1.807) is 0 Å². The van der Waals surface area contributed by atoms with Gasteiger partial charge in [-0.25, -0.2) is 0 Å². The van der Waals surface area contributed by atoms with Gasteiger partial charge in [-0.1, -0.05) is 236 Å². The number of esters is 3. The zero-order valence-electron chi connectivity index (χ0n) is 41.6. The number of carbonyl (C=O) groups excluding carboxylic acids is 3. The van der Waals surface area contributed by atoms with Gasteiger partial charge in [0.15, 0.2) is 6.10 Å². The number of allylic oxidation sites excluding steroid dienone is 10. The van der Waals surface area contributed by atoms with E-state index >= 15 is 0 Å². The van der Waals surface area contributed by atoms with Crippen molar-refractivity contribution in [2.75, 3.05) is 13.2 Å². The SMILES string of the molecule is CC/C=C\C/C=C\CCCCC(=O)OCC(COC(=O)CCCCCCC\C=C/C=C\C=C/CCCCCCC)OC(=O)CCCCCCCCCCCCCCCCCCCC. The highest BCUT2D eigenvalue weighted by molar-refractivity contribution is 5.71. The fourth-order valence-corrected chi connectivity index (χ4v) is 7.54. The normalized spacial score (nSPS) is 12.5. The lowest BCUT2D eigenvalue weighted by atomic mass is 10.0. The molecule has 6 heteroatoms. The molecule has 0 aliphatic rings. The van der Waals surface area contributed by atoms with Crippen LogP contribution in [0.1, 0.15) is 265 Å². The third-order valence-corrected chi connectivity index (χ3v) is 11.6. The van der Waals surface area contributed by atoms with Gasteiger partial charge in [0.1, 0.15) is 13.2 Å². The zero-order chi connectivity index (χ0) is 45.8. The highest BCUT2D eigenvalue weighted by Gasteiger charge is 2.19. The molecular formula is C57H100O6. The van der Waals surface area contributed by atoms with Gasteiger partial charge in [0.25, 0.3) is 0 Å². The first kappa shape index (κ1) is 60.1. The summed E-state index contributed by atoms with van der Waals surface area (Å²) in [7, 11) is 0. The monoisotopic (exact) mass is 881 g/mol. The van der Waals surface area contributed by atoms with Crippen LogP contribution in [0.3, 0.4) is 0 Å². The number of hydrogen-bond donors (Lipinski definition) is 0. The van der Waals surface area contributed by atoms with E-state index in [-0.39, 0.29) is 31.1 Å². The van der Waals surface area contributed by atoms with Crippen molar-refractivity contribution in [2.45, 2.75) is 271 Å². The summed E-state index contributed by atoms with van der Waals surface area (Å²) in [5.74, 6) is -0.941. The molecule has 0 aliphatic heterocycles. The molecule has 0 amide bonds. The summed E-state index contributed by atoms with van der Waals surface area (Å²) in [5.41, 5.74) is 0. The predicted octanol–water partition coefficient (Wildman–Crippen LogP) is 17.6. The molecule has 0 aromatic carbocycles. The Bertz CT molecular complexity index is 1150. The van der Waals surface area contributed by atoms with E-state index in [4.69, 9.17) is 14.2 Å². The Hall–Kier alpha value is -2.89. The van der Waals surface area contributed by atoms with Crippen LogP contribution in [-0.2, 0) is 28.6 Å². The minimum absolute atomic E-state index is 0.0934. The first-order chi connectivity index (χ1) is 31.0. The lowest BCUT2D eigenvalue weighted by Crippen LogP contribution is -2.30. The molecule has 0 N–H and O–H groups in total. The molecule has 0 rings (SSSR count). The van der Waals surface area contributed by atoms with E-state index in [2.05, 4.69) is 81.5 Å². The molecule has 63 heavy (non-hydrogen) atoms. The van der Waals surface area contributed by atoms with Crippen molar-refractivity contribution in [3.63, 3.8) is 0 Å². The molecule has 0 aliphatic carbocycles. The van der Waals surface area contributed by atoms with E-state index < -0.39 is 6.10 Å². The largest absolute Gasteiger partial charge is 0.462 e. The Balaban J connectivity index is 4.34. The van der Waals surface area contributed by atoms with Crippen LogP contribution in [0.15, 0.2) is 60.8 Å². The Kier molecular flexibility index (Phi) is 49.4. The van der Waals surface area contributed by atoms with Crippen LogP contribution in [0.5, 0.6) is 0 Å². The lowest BCUT2D eigenvalue weighted by Gasteiger charge is -2.18. The summed E-state index contributed by atoms with van der Waals surface area (Å²) in [6.07, 6.45) is 63.7. The van der Waals surface area contributed by atoms with E-state index in [1.807, 2.05) is 0 Å². The average molecular weight is 881 g/mol. The topological polar surface area (TPSA) is 78.9 Å². The van der Waals surface area contributed by atoms with Gasteiger partial charge in [0.2, 0.25) is 0 Å². The molecule has 0 aromatic heterocycles. The second-order valence-corrected chi connectivity index (χ2v) is 17.8. The number of hydrogen-bond acceptors (Lipinski definition) is 6. The Labute approximate surface area is 390 Å². The van der Waals surface area contributed by atoms with Crippen LogP contribution >= 0.6 is 0 Å². The molecule has 0 spiro atoms. The average Bonchev–Trinajstić information content (AvgIpc) is 3.28. The highest BCUT2D eigenvalue weighted by Crippen LogP contribution is 2.16. The molecule has 1 atom stereocenters. The number of unbranched alkanes of at least 4 members (excludes halogenated alkanes) is 29. The van der Waals surface area contributed by atoms with Crippen molar-refractivity contribution in [1.29, 1.82) is 0 Å². The first-order valence-electron chi connectivity index (χ1n) is 26.8. The molecule has 364 valence electrons. The molecule has 6 nitrogen and oxygen atoms in total. The van der Waals surface area contributed by atoms with Crippen LogP contribution in [-0.4, -0.2) is 37.2 Å². The molecule has 0 saturated heterocycles. The van der Waals surface area contributed by atoms with Crippen molar-refractivity contribution in [1.82, 2.24) is 0 Å². The van der Waals surface area contributed by atoms with Crippen molar-refractivity contribution in [3.8, 4) is 0 Å². The summed E-state index contributed by atoms with van der Waals surface area (Å²) < 4.78 is 16.7.